The van der Waals surface area contributed by atoms with Gasteiger partial charge >= 0.3 is 6.18 Å². The number of pyridine rings is 1. The van der Waals surface area contributed by atoms with Crippen molar-refractivity contribution in [2.45, 2.75) is 19.1 Å². The Balaban J connectivity index is 1.59. The van der Waals surface area contributed by atoms with Gasteiger partial charge in [0.05, 0.1) is 22.5 Å². The average Bonchev–Trinajstić information content (AvgIpc) is 2.88. The molecule has 36 heavy (non-hydrogen) atoms. The van der Waals surface area contributed by atoms with Crippen LogP contribution in [0.2, 0.25) is 0 Å². The second-order valence-electron chi connectivity index (χ2n) is 8.19. The lowest BCUT2D eigenvalue weighted by Crippen LogP contribution is -2.25. The molecule has 0 spiro atoms. The number of halogens is 4. The van der Waals surface area contributed by atoms with E-state index >= 15 is 0 Å². The number of carbonyl (C=O) groups excluding carboxylic acids is 1. The molecule has 182 valence electrons. The maximum Gasteiger partial charge on any atom is 0.417 e. The van der Waals surface area contributed by atoms with Gasteiger partial charge in [0, 0.05) is 48.7 Å². The van der Waals surface area contributed by atoms with E-state index in [0.29, 0.717) is 30.4 Å². The number of benzene rings is 2. The smallest absolute Gasteiger partial charge is 0.320 e. The molecule has 2 aromatic carbocycles. The first-order valence-electron chi connectivity index (χ1n) is 11.1. The first-order valence-corrected chi connectivity index (χ1v) is 11.1. The third kappa shape index (κ3) is 4.67. The Morgan fingerprint density at radius 1 is 1.00 bits per heavy atom. The van der Waals surface area contributed by atoms with E-state index in [1.54, 1.807) is 6.07 Å². The first-order chi connectivity index (χ1) is 17.3. The van der Waals surface area contributed by atoms with Gasteiger partial charge in [0.25, 0.3) is 5.91 Å². The number of alkyl halides is 3. The summed E-state index contributed by atoms with van der Waals surface area (Å²) in [5.41, 5.74) is 0.979. The molecule has 0 saturated carbocycles. The van der Waals surface area contributed by atoms with Crippen LogP contribution in [-0.4, -0.2) is 27.4 Å². The number of anilines is 1. The summed E-state index contributed by atoms with van der Waals surface area (Å²) in [6.45, 7) is 1.31. The van der Waals surface area contributed by atoms with Crippen LogP contribution >= 0.6 is 0 Å². The Hall–Kier alpha value is -4.18. The topological polar surface area (TPSA) is 79.8 Å². The van der Waals surface area contributed by atoms with E-state index in [1.165, 1.54) is 18.5 Å². The van der Waals surface area contributed by atoms with Crippen molar-refractivity contribution in [3.05, 3.63) is 95.2 Å². The molecule has 0 radical (unpaired) electrons. The van der Waals surface area contributed by atoms with Crippen molar-refractivity contribution in [3.63, 3.8) is 0 Å². The van der Waals surface area contributed by atoms with E-state index in [-0.39, 0.29) is 5.82 Å². The van der Waals surface area contributed by atoms with Crippen LogP contribution in [-0.2, 0) is 19.1 Å². The molecule has 0 atom stereocenters. The van der Waals surface area contributed by atoms with Crippen molar-refractivity contribution in [3.8, 4) is 22.6 Å². The van der Waals surface area contributed by atoms with Gasteiger partial charge in [-0.15, -0.1) is 0 Å². The van der Waals surface area contributed by atoms with E-state index in [0.717, 1.165) is 29.4 Å². The van der Waals surface area contributed by atoms with Gasteiger partial charge in [0.2, 0.25) is 0 Å². The molecule has 0 aliphatic carbocycles. The van der Waals surface area contributed by atoms with E-state index in [1.807, 2.05) is 30.3 Å². The van der Waals surface area contributed by atoms with Crippen molar-refractivity contribution in [1.82, 2.24) is 20.3 Å². The molecular formula is C26H19F4N5O. The number of hydrogen-bond donors (Lipinski definition) is 2. The van der Waals surface area contributed by atoms with Crippen molar-refractivity contribution in [2.75, 3.05) is 11.9 Å². The molecule has 10 heteroatoms. The molecule has 2 N–H and O–H groups in total. The van der Waals surface area contributed by atoms with Gasteiger partial charge in [-0.3, -0.25) is 9.78 Å². The zero-order chi connectivity index (χ0) is 25.3. The standard InChI is InChI=1S/C26H19F4N5O/c27-20-13-19(26(28,29)30)17(24-32-8-4-9-33-24)12-18(20)25(36)35-22-11-16-14-31-10-7-21(16)34-23(22)15-5-2-1-3-6-15/h1-6,8-9,11-13,31H,7,10,14H2,(H,35,36). The molecule has 1 aliphatic rings. The fourth-order valence-electron chi connectivity index (χ4n) is 4.10. The zero-order valence-electron chi connectivity index (χ0n) is 18.7. The Kier molecular flexibility index (Phi) is 6.19. The minimum Gasteiger partial charge on any atom is -0.320 e. The number of carbonyl (C=O) groups is 1. The molecule has 3 heterocycles. The highest BCUT2D eigenvalue weighted by Gasteiger charge is 2.36. The van der Waals surface area contributed by atoms with Gasteiger partial charge in [-0.2, -0.15) is 13.2 Å². The molecule has 0 fully saturated rings. The van der Waals surface area contributed by atoms with Crippen molar-refractivity contribution >= 4 is 11.6 Å². The highest BCUT2D eigenvalue weighted by molar-refractivity contribution is 6.07. The monoisotopic (exact) mass is 493 g/mol. The van der Waals surface area contributed by atoms with Crippen LogP contribution in [0, 0.1) is 5.82 Å². The number of fused-ring (bicyclic) bond motifs is 1. The summed E-state index contributed by atoms with van der Waals surface area (Å²) < 4.78 is 55.9. The number of rotatable bonds is 4. The molecule has 5 rings (SSSR count). The van der Waals surface area contributed by atoms with Crippen LogP contribution in [0.15, 0.2) is 67.0 Å². The normalized spacial score (nSPS) is 13.2. The largest absolute Gasteiger partial charge is 0.417 e. The van der Waals surface area contributed by atoms with Crippen LogP contribution < -0.4 is 10.6 Å². The molecule has 2 aromatic heterocycles. The second-order valence-corrected chi connectivity index (χ2v) is 8.19. The lowest BCUT2D eigenvalue weighted by molar-refractivity contribution is -0.137. The summed E-state index contributed by atoms with van der Waals surface area (Å²) in [4.78, 5) is 25.7. The summed E-state index contributed by atoms with van der Waals surface area (Å²) in [7, 11) is 0. The highest BCUT2D eigenvalue weighted by Crippen LogP contribution is 2.38. The quantitative estimate of drug-likeness (QED) is 0.379. The lowest BCUT2D eigenvalue weighted by atomic mass is 10.00. The predicted octanol–water partition coefficient (Wildman–Crippen LogP) is 5.26. The van der Waals surface area contributed by atoms with Crippen molar-refractivity contribution in [1.29, 1.82) is 0 Å². The van der Waals surface area contributed by atoms with Crippen LogP contribution in [0.1, 0.15) is 27.2 Å². The molecule has 0 saturated heterocycles. The maximum absolute atomic E-state index is 14.9. The lowest BCUT2D eigenvalue weighted by Gasteiger charge is -2.20. The molecule has 6 nitrogen and oxygen atoms in total. The van der Waals surface area contributed by atoms with Gasteiger partial charge < -0.3 is 10.6 Å². The van der Waals surface area contributed by atoms with Gasteiger partial charge in [-0.05, 0) is 29.8 Å². The summed E-state index contributed by atoms with van der Waals surface area (Å²) in [5.74, 6) is -2.50. The number of hydrogen-bond acceptors (Lipinski definition) is 5. The Morgan fingerprint density at radius 2 is 1.75 bits per heavy atom. The van der Waals surface area contributed by atoms with Crippen LogP contribution in [0.3, 0.4) is 0 Å². The van der Waals surface area contributed by atoms with Gasteiger partial charge in [0.1, 0.15) is 5.82 Å². The number of aromatic nitrogens is 3. The molecular weight excluding hydrogens is 474 g/mol. The summed E-state index contributed by atoms with van der Waals surface area (Å²) >= 11 is 0. The summed E-state index contributed by atoms with van der Waals surface area (Å²) in [6, 6.07) is 13.5. The molecule has 1 amide bonds. The van der Waals surface area contributed by atoms with E-state index in [2.05, 4.69) is 20.6 Å². The van der Waals surface area contributed by atoms with Gasteiger partial charge in [-0.25, -0.2) is 14.4 Å². The fraction of sp³-hybridized carbons (Fsp3) is 0.154. The summed E-state index contributed by atoms with van der Waals surface area (Å²) in [6.07, 6.45) is -1.63. The number of nitrogens with zero attached hydrogens (tertiary/aromatic N) is 3. The summed E-state index contributed by atoms with van der Waals surface area (Å²) in [5, 5.41) is 5.90. The molecule has 0 bridgehead atoms. The Labute approximate surface area is 203 Å². The molecule has 4 aromatic rings. The minimum atomic E-state index is -4.87. The molecule has 0 unspecified atom stereocenters. The SMILES string of the molecule is O=C(Nc1cc2c(nc1-c1ccccc1)CCNC2)c1cc(-c2ncccn2)c(C(F)(F)F)cc1F. The molecule has 1 aliphatic heterocycles. The second kappa shape index (κ2) is 9.46. The zero-order valence-corrected chi connectivity index (χ0v) is 18.7. The Bertz CT molecular complexity index is 1430. The van der Waals surface area contributed by atoms with Gasteiger partial charge in [-0.1, -0.05) is 30.3 Å². The predicted molar refractivity (Wildman–Crippen MR) is 125 cm³/mol. The average molecular weight is 493 g/mol. The third-order valence-corrected chi connectivity index (χ3v) is 5.80. The number of nitrogens with one attached hydrogen (secondary N) is 2. The van der Waals surface area contributed by atoms with E-state index in [4.69, 9.17) is 4.98 Å². The first kappa shape index (κ1) is 23.6. The van der Waals surface area contributed by atoms with Crippen molar-refractivity contribution < 1.29 is 22.4 Å². The number of amides is 1. The van der Waals surface area contributed by atoms with Gasteiger partial charge in [0.15, 0.2) is 5.82 Å². The van der Waals surface area contributed by atoms with E-state index < -0.39 is 34.6 Å². The minimum absolute atomic E-state index is 0.273. The highest BCUT2D eigenvalue weighted by atomic mass is 19.4. The third-order valence-electron chi connectivity index (χ3n) is 5.80. The fourth-order valence-corrected chi connectivity index (χ4v) is 4.10. The van der Waals surface area contributed by atoms with Crippen LogP contribution in [0.4, 0.5) is 23.2 Å². The van der Waals surface area contributed by atoms with Crippen LogP contribution in [0.25, 0.3) is 22.6 Å². The maximum atomic E-state index is 14.9. The Morgan fingerprint density at radius 3 is 2.47 bits per heavy atom. The van der Waals surface area contributed by atoms with E-state index in [9.17, 15) is 22.4 Å². The van der Waals surface area contributed by atoms with Crippen molar-refractivity contribution in [2.24, 2.45) is 0 Å². The van der Waals surface area contributed by atoms with Crippen LogP contribution in [0.5, 0.6) is 0 Å².